The molecule has 2 aliphatic rings. The van der Waals surface area contributed by atoms with E-state index in [2.05, 4.69) is 90.3 Å². The van der Waals surface area contributed by atoms with Gasteiger partial charge in [0.2, 0.25) is 5.91 Å². The third kappa shape index (κ3) is 3.91. The molecule has 0 aromatic heterocycles. The van der Waals surface area contributed by atoms with Crippen LogP contribution in [0, 0.1) is 13.8 Å². The van der Waals surface area contributed by atoms with Gasteiger partial charge in [-0.3, -0.25) is 4.79 Å². The highest BCUT2D eigenvalue weighted by Gasteiger charge is 2.34. The first kappa shape index (κ1) is 20.0. The number of hydrogen-bond acceptors (Lipinski definition) is 4. The molecule has 2 atom stereocenters. The molecule has 0 spiro atoms. The van der Waals surface area contributed by atoms with E-state index in [1.807, 2.05) is 4.90 Å². The Kier molecular flexibility index (Phi) is 5.38. The fourth-order valence-corrected chi connectivity index (χ4v) is 5.02. The van der Waals surface area contributed by atoms with Crippen molar-refractivity contribution in [3.8, 4) is 0 Å². The van der Waals surface area contributed by atoms with Crippen molar-refractivity contribution in [3.05, 3.63) is 77.4 Å². The molecule has 2 unspecified atom stereocenters. The monoisotopic (exact) mass is 414 g/mol. The largest absolute Gasteiger partial charge is 0.368 e. The van der Waals surface area contributed by atoms with Crippen LogP contribution in [0.1, 0.15) is 29.2 Å². The van der Waals surface area contributed by atoms with E-state index in [0.29, 0.717) is 0 Å². The molecule has 0 radical (unpaired) electrons. The molecule has 2 aliphatic heterocycles. The average molecular weight is 415 g/mol. The SMILES string of the molecule is Cc1ccc(N2CCN(C(=O)C3CC(c4cccc5ccccc45)NN3)CC2)c(C)c1. The molecule has 5 rings (SSSR count). The third-order valence-corrected chi connectivity index (χ3v) is 6.68. The van der Waals surface area contributed by atoms with Gasteiger partial charge in [-0.15, -0.1) is 0 Å². The highest BCUT2D eigenvalue weighted by Crippen LogP contribution is 2.30. The number of rotatable bonds is 3. The fraction of sp³-hybridized carbons (Fsp3) is 0.346. The van der Waals surface area contributed by atoms with Gasteiger partial charge >= 0.3 is 0 Å². The van der Waals surface area contributed by atoms with E-state index in [4.69, 9.17) is 0 Å². The van der Waals surface area contributed by atoms with Crippen molar-refractivity contribution >= 4 is 22.4 Å². The number of benzene rings is 3. The van der Waals surface area contributed by atoms with E-state index in [1.165, 1.54) is 33.2 Å². The normalized spacial score (nSPS) is 21.6. The first-order valence-corrected chi connectivity index (χ1v) is 11.2. The number of fused-ring (bicyclic) bond motifs is 1. The molecule has 0 bridgehead atoms. The summed E-state index contributed by atoms with van der Waals surface area (Å²) < 4.78 is 0. The van der Waals surface area contributed by atoms with Crippen molar-refractivity contribution in [2.75, 3.05) is 31.1 Å². The first-order chi connectivity index (χ1) is 15.1. The molecular weight excluding hydrogens is 384 g/mol. The number of carbonyl (C=O) groups is 1. The summed E-state index contributed by atoms with van der Waals surface area (Å²) in [6.07, 6.45) is 0.768. The molecule has 5 nitrogen and oxygen atoms in total. The molecule has 0 saturated carbocycles. The maximum atomic E-state index is 13.2. The van der Waals surface area contributed by atoms with Gasteiger partial charge in [-0.05, 0) is 48.2 Å². The number of aryl methyl sites for hydroxylation is 2. The highest BCUT2D eigenvalue weighted by atomic mass is 16.2. The molecule has 5 heteroatoms. The van der Waals surface area contributed by atoms with E-state index < -0.39 is 0 Å². The van der Waals surface area contributed by atoms with Crippen molar-refractivity contribution in [3.63, 3.8) is 0 Å². The highest BCUT2D eigenvalue weighted by molar-refractivity contribution is 5.87. The minimum atomic E-state index is -0.184. The Bertz CT molecular complexity index is 1100. The van der Waals surface area contributed by atoms with E-state index in [1.54, 1.807) is 0 Å². The first-order valence-electron chi connectivity index (χ1n) is 11.2. The number of anilines is 1. The number of piperazine rings is 1. The second-order valence-electron chi connectivity index (χ2n) is 8.80. The minimum absolute atomic E-state index is 0.136. The van der Waals surface area contributed by atoms with Crippen LogP contribution in [0.25, 0.3) is 10.8 Å². The molecule has 1 amide bonds. The summed E-state index contributed by atoms with van der Waals surface area (Å²) >= 11 is 0. The number of hydrazine groups is 1. The predicted molar refractivity (Wildman–Crippen MR) is 126 cm³/mol. The summed E-state index contributed by atoms with van der Waals surface area (Å²) in [5, 5.41) is 2.48. The van der Waals surface area contributed by atoms with Gasteiger partial charge < -0.3 is 9.80 Å². The molecule has 160 valence electrons. The summed E-state index contributed by atoms with van der Waals surface area (Å²) in [6, 6.07) is 21.4. The standard InChI is InChI=1S/C26H30N4O/c1-18-10-11-25(19(2)16-18)29-12-14-30(15-13-29)26(31)24-17-23(27-28-24)22-9-5-7-20-6-3-4-8-21(20)22/h3-11,16,23-24,27-28H,12-15,17H2,1-2H3. The zero-order valence-corrected chi connectivity index (χ0v) is 18.3. The van der Waals surface area contributed by atoms with Crippen molar-refractivity contribution in [2.24, 2.45) is 0 Å². The van der Waals surface area contributed by atoms with Crippen molar-refractivity contribution in [1.29, 1.82) is 0 Å². The van der Waals surface area contributed by atoms with Crippen molar-refractivity contribution in [1.82, 2.24) is 15.8 Å². The Morgan fingerprint density at radius 1 is 0.903 bits per heavy atom. The summed E-state index contributed by atoms with van der Waals surface area (Å²) in [6.45, 7) is 7.58. The average Bonchev–Trinajstić information content (AvgIpc) is 3.28. The van der Waals surface area contributed by atoms with Gasteiger partial charge in [-0.2, -0.15) is 0 Å². The quantitative estimate of drug-likeness (QED) is 0.686. The summed E-state index contributed by atoms with van der Waals surface area (Å²) in [7, 11) is 0. The van der Waals surface area contributed by atoms with E-state index in [-0.39, 0.29) is 18.0 Å². The zero-order valence-electron chi connectivity index (χ0n) is 18.3. The Balaban J connectivity index is 1.23. The Morgan fingerprint density at radius 2 is 1.68 bits per heavy atom. The Morgan fingerprint density at radius 3 is 2.48 bits per heavy atom. The molecule has 31 heavy (non-hydrogen) atoms. The lowest BCUT2D eigenvalue weighted by atomic mass is 9.96. The second-order valence-corrected chi connectivity index (χ2v) is 8.80. The number of amides is 1. The van der Waals surface area contributed by atoms with Crippen LogP contribution in [0.5, 0.6) is 0 Å². The molecule has 2 heterocycles. The summed E-state index contributed by atoms with van der Waals surface area (Å²) in [5.74, 6) is 0.204. The second kappa shape index (κ2) is 8.33. The zero-order chi connectivity index (χ0) is 21.4. The Hall–Kier alpha value is -2.89. The van der Waals surface area contributed by atoms with Crippen LogP contribution in [0.15, 0.2) is 60.7 Å². The van der Waals surface area contributed by atoms with Crippen molar-refractivity contribution < 1.29 is 4.79 Å². The lowest BCUT2D eigenvalue weighted by Crippen LogP contribution is -2.53. The van der Waals surface area contributed by atoms with Gasteiger partial charge in [0.25, 0.3) is 0 Å². The van der Waals surface area contributed by atoms with Gasteiger partial charge in [0.1, 0.15) is 6.04 Å². The summed E-state index contributed by atoms with van der Waals surface area (Å²) in [5.41, 5.74) is 11.8. The van der Waals surface area contributed by atoms with Crippen LogP contribution in [-0.2, 0) is 4.79 Å². The number of hydrogen-bond donors (Lipinski definition) is 2. The predicted octanol–water partition coefficient (Wildman–Crippen LogP) is 3.71. The third-order valence-electron chi connectivity index (χ3n) is 6.68. The lowest BCUT2D eigenvalue weighted by molar-refractivity contribution is -0.133. The Labute approximate surface area is 184 Å². The number of carbonyl (C=O) groups excluding carboxylic acids is 1. The van der Waals surface area contributed by atoms with E-state index in [9.17, 15) is 4.79 Å². The molecule has 3 aromatic carbocycles. The van der Waals surface area contributed by atoms with E-state index in [0.717, 1.165) is 32.6 Å². The smallest absolute Gasteiger partial charge is 0.241 e. The van der Waals surface area contributed by atoms with Crippen LogP contribution in [-0.4, -0.2) is 43.0 Å². The fourth-order valence-electron chi connectivity index (χ4n) is 5.02. The van der Waals surface area contributed by atoms with Gasteiger partial charge in [0.05, 0.1) is 0 Å². The number of nitrogens with zero attached hydrogens (tertiary/aromatic N) is 2. The van der Waals surface area contributed by atoms with Gasteiger partial charge in [0, 0.05) is 37.9 Å². The van der Waals surface area contributed by atoms with E-state index >= 15 is 0 Å². The minimum Gasteiger partial charge on any atom is -0.368 e. The van der Waals surface area contributed by atoms with Gasteiger partial charge in [-0.1, -0.05) is 60.2 Å². The number of nitrogens with one attached hydrogen (secondary N) is 2. The molecule has 0 aliphatic carbocycles. The maximum Gasteiger partial charge on any atom is 0.241 e. The van der Waals surface area contributed by atoms with Crippen molar-refractivity contribution in [2.45, 2.75) is 32.4 Å². The molecule has 2 saturated heterocycles. The van der Waals surface area contributed by atoms with Crippen LogP contribution >= 0.6 is 0 Å². The molecule has 2 fully saturated rings. The molecule has 2 N–H and O–H groups in total. The van der Waals surface area contributed by atoms with Crippen LogP contribution in [0.4, 0.5) is 5.69 Å². The lowest BCUT2D eigenvalue weighted by Gasteiger charge is -2.37. The summed E-state index contributed by atoms with van der Waals surface area (Å²) in [4.78, 5) is 17.6. The van der Waals surface area contributed by atoms with Gasteiger partial charge in [-0.25, -0.2) is 10.9 Å². The maximum absolute atomic E-state index is 13.2. The molecular formula is C26H30N4O. The molecule has 3 aromatic rings. The topological polar surface area (TPSA) is 47.6 Å². The van der Waals surface area contributed by atoms with Crippen LogP contribution < -0.4 is 15.8 Å². The van der Waals surface area contributed by atoms with Crippen LogP contribution in [0.3, 0.4) is 0 Å². The van der Waals surface area contributed by atoms with Gasteiger partial charge in [0.15, 0.2) is 0 Å². The van der Waals surface area contributed by atoms with Crippen LogP contribution in [0.2, 0.25) is 0 Å².